The van der Waals surface area contributed by atoms with Crippen LogP contribution < -0.4 is 14.8 Å². The fourth-order valence-corrected chi connectivity index (χ4v) is 3.04. The van der Waals surface area contributed by atoms with Gasteiger partial charge in [0.2, 0.25) is 5.91 Å². The van der Waals surface area contributed by atoms with Gasteiger partial charge in [0.1, 0.15) is 12.7 Å². The van der Waals surface area contributed by atoms with Crippen molar-refractivity contribution in [1.29, 1.82) is 0 Å². The minimum absolute atomic E-state index is 0.134. The molecule has 6 heteroatoms. The van der Waals surface area contributed by atoms with Crippen molar-refractivity contribution in [2.24, 2.45) is 0 Å². The van der Waals surface area contributed by atoms with Crippen LogP contribution in [-0.2, 0) is 4.79 Å². The Morgan fingerprint density at radius 1 is 1.35 bits per heavy atom. The van der Waals surface area contributed by atoms with Crippen molar-refractivity contribution < 1.29 is 19.4 Å². The smallest absolute Gasteiger partial charge is 0.219 e. The van der Waals surface area contributed by atoms with Crippen LogP contribution in [0.15, 0.2) is 24.3 Å². The Labute approximate surface area is 136 Å². The number of hydrogen-bond acceptors (Lipinski definition) is 5. The molecular formula is C17H24N2O4. The van der Waals surface area contributed by atoms with E-state index in [4.69, 9.17) is 9.47 Å². The predicted octanol–water partition coefficient (Wildman–Crippen LogP) is 0.788. The maximum atomic E-state index is 11.3. The van der Waals surface area contributed by atoms with Crippen molar-refractivity contribution in [1.82, 2.24) is 10.2 Å². The Morgan fingerprint density at radius 2 is 2.04 bits per heavy atom. The lowest BCUT2D eigenvalue weighted by Gasteiger charge is -2.34. The summed E-state index contributed by atoms with van der Waals surface area (Å²) in [6.45, 7) is 3.97. The number of nitrogens with zero attached hydrogens (tertiary/aromatic N) is 1. The standard InChI is InChI=1S/C17H24N2O4/c1-12(20)19-8-6-13(7-9-19)18-10-14(21)17-11-22-15-4-2-3-5-16(15)23-17/h2-5,13-14,17-18,21H,6-11H2,1H3. The molecule has 1 aromatic rings. The van der Waals surface area contributed by atoms with Crippen molar-refractivity contribution in [3.8, 4) is 11.5 Å². The summed E-state index contributed by atoms with van der Waals surface area (Å²) in [5.74, 6) is 1.54. The number of fused-ring (bicyclic) bond motifs is 1. The number of benzene rings is 1. The maximum absolute atomic E-state index is 11.3. The van der Waals surface area contributed by atoms with E-state index >= 15 is 0 Å². The van der Waals surface area contributed by atoms with Gasteiger partial charge in [0.25, 0.3) is 0 Å². The van der Waals surface area contributed by atoms with Gasteiger partial charge in [0.15, 0.2) is 17.6 Å². The fraction of sp³-hybridized carbons (Fsp3) is 0.588. The Kier molecular flexibility index (Phi) is 5.03. The summed E-state index contributed by atoms with van der Waals surface area (Å²) in [7, 11) is 0. The largest absolute Gasteiger partial charge is 0.486 e. The first kappa shape index (κ1) is 16.1. The van der Waals surface area contributed by atoms with Gasteiger partial charge in [-0.3, -0.25) is 4.79 Å². The van der Waals surface area contributed by atoms with E-state index in [1.807, 2.05) is 29.2 Å². The molecule has 23 heavy (non-hydrogen) atoms. The molecular weight excluding hydrogens is 296 g/mol. The zero-order chi connectivity index (χ0) is 16.2. The lowest BCUT2D eigenvalue weighted by Crippen LogP contribution is -2.49. The Bertz CT molecular complexity index is 543. The minimum atomic E-state index is -0.630. The fourth-order valence-electron chi connectivity index (χ4n) is 3.04. The molecule has 6 nitrogen and oxygen atoms in total. The summed E-state index contributed by atoms with van der Waals surface area (Å²) in [5.41, 5.74) is 0. The third-order valence-corrected chi connectivity index (χ3v) is 4.52. The molecule has 2 heterocycles. The first-order valence-electron chi connectivity index (χ1n) is 8.19. The van der Waals surface area contributed by atoms with Crippen LogP contribution in [0.4, 0.5) is 0 Å². The van der Waals surface area contributed by atoms with Crippen LogP contribution in [-0.4, -0.2) is 60.4 Å². The number of aliphatic hydroxyl groups excluding tert-OH is 1. The van der Waals surface area contributed by atoms with E-state index in [-0.39, 0.29) is 12.0 Å². The third-order valence-electron chi connectivity index (χ3n) is 4.52. The van der Waals surface area contributed by atoms with E-state index in [1.165, 1.54) is 0 Å². The molecule has 3 rings (SSSR count). The quantitative estimate of drug-likeness (QED) is 0.858. The molecule has 0 aliphatic carbocycles. The van der Waals surface area contributed by atoms with Gasteiger partial charge < -0.3 is 24.8 Å². The SMILES string of the molecule is CC(=O)N1CCC(NCC(O)C2COc3ccccc3O2)CC1. The number of piperidine rings is 1. The first-order chi connectivity index (χ1) is 11.1. The van der Waals surface area contributed by atoms with Crippen molar-refractivity contribution >= 4 is 5.91 Å². The molecule has 1 amide bonds. The number of amides is 1. The number of ether oxygens (including phenoxy) is 2. The van der Waals surface area contributed by atoms with Crippen LogP contribution in [0.2, 0.25) is 0 Å². The summed E-state index contributed by atoms with van der Waals surface area (Å²) < 4.78 is 11.4. The van der Waals surface area contributed by atoms with Gasteiger partial charge in [-0.25, -0.2) is 0 Å². The zero-order valence-electron chi connectivity index (χ0n) is 13.4. The van der Waals surface area contributed by atoms with Crippen LogP contribution in [0.5, 0.6) is 11.5 Å². The van der Waals surface area contributed by atoms with Crippen molar-refractivity contribution in [2.75, 3.05) is 26.2 Å². The lowest BCUT2D eigenvalue weighted by molar-refractivity contribution is -0.129. The number of para-hydroxylation sites is 2. The molecule has 1 saturated heterocycles. The van der Waals surface area contributed by atoms with Gasteiger partial charge in [0, 0.05) is 32.6 Å². The molecule has 2 aliphatic heterocycles. The van der Waals surface area contributed by atoms with E-state index in [2.05, 4.69) is 5.32 Å². The number of likely N-dealkylation sites (tertiary alicyclic amines) is 1. The lowest BCUT2D eigenvalue weighted by atomic mass is 10.0. The molecule has 1 fully saturated rings. The Hall–Kier alpha value is -1.79. The third kappa shape index (κ3) is 3.95. The minimum Gasteiger partial charge on any atom is -0.486 e. The average Bonchev–Trinajstić information content (AvgIpc) is 2.59. The summed E-state index contributed by atoms with van der Waals surface area (Å²) in [4.78, 5) is 13.2. The van der Waals surface area contributed by atoms with Gasteiger partial charge in [-0.1, -0.05) is 12.1 Å². The second kappa shape index (κ2) is 7.19. The van der Waals surface area contributed by atoms with Crippen LogP contribution >= 0.6 is 0 Å². The highest BCUT2D eigenvalue weighted by atomic mass is 16.6. The molecule has 2 aliphatic rings. The van der Waals surface area contributed by atoms with Gasteiger partial charge in [0.05, 0.1) is 0 Å². The van der Waals surface area contributed by atoms with E-state index in [1.54, 1.807) is 6.92 Å². The topological polar surface area (TPSA) is 71.0 Å². The normalized spacial score (nSPS) is 22.7. The van der Waals surface area contributed by atoms with Crippen LogP contribution in [0.25, 0.3) is 0 Å². The van der Waals surface area contributed by atoms with Gasteiger partial charge in [-0.15, -0.1) is 0 Å². The number of aliphatic hydroxyl groups is 1. The summed E-state index contributed by atoms with van der Waals surface area (Å²) in [6, 6.07) is 7.82. The highest BCUT2D eigenvalue weighted by molar-refractivity contribution is 5.73. The maximum Gasteiger partial charge on any atom is 0.219 e. The molecule has 0 aromatic heterocycles. The second-order valence-electron chi connectivity index (χ2n) is 6.17. The molecule has 0 radical (unpaired) electrons. The molecule has 0 saturated carbocycles. The van der Waals surface area contributed by atoms with E-state index in [0.29, 0.717) is 24.9 Å². The monoisotopic (exact) mass is 320 g/mol. The molecule has 2 unspecified atom stereocenters. The molecule has 2 atom stereocenters. The Morgan fingerprint density at radius 3 is 2.74 bits per heavy atom. The van der Waals surface area contributed by atoms with Crippen LogP contribution in [0, 0.1) is 0 Å². The average molecular weight is 320 g/mol. The highest BCUT2D eigenvalue weighted by Crippen LogP contribution is 2.31. The van der Waals surface area contributed by atoms with Crippen molar-refractivity contribution in [3.05, 3.63) is 24.3 Å². The molecule has 126 valence electrons. The van der Waals surface area contributed by atoms with Gasteiger partial charge in [-0.2, -0.15) is 0 Å². The molecule has 2 N–H and O–H groups in total. The summed E-state index contributed by atoms with van der Waals surface area (Å²) >= 11 is 0. The number of rotatable bonds is 4. The van der Waals surface area contributed by atoms with E-state index in [9.17, 15) is 9.90 Å². The number of nitrogens with one attached hydrogen (secondary N) is 1. The summed E-state index contributed by atoms with van der Waals surface area (Å²) in [6.07, 6.45) is 0.831. The highest BCUT2D eigenvalue weighted by Gasteiger charge is 2.28. The van der Waals surface area contributed by atoms with Crippen molar-refractivity contribution in [3.63, 3.8) is 0 Å². The van der Waals surface area contributed by atoms with Gasteiger partial charge >= 0.3 is 0 Å². The van der Waals surface area contributed by atoms with Crippen LogP contribution in [0.1, 0.15) is 19.8 Å². The number of hydrogen-bond donors (Lipinski definition) is 2. The molecule has 0 bridgehead atoms. The zero-order valence-corrected chi connectivity index (χ0v) is 13.4. The van der Waals surface area contributed by atoms with Crippen molar-refractivity contribution in [2.45, 2.75) is 38.0 Å². The predicted molar refractivity (Wildman–Crippen MR) is 85.6 cm³/mol. The van der Waals surface area contributed by atoms with E-state index in [0.717, 1.165) is 31.7 Å². The second-order valence-corrected chi connectivity index (χ2v) is 6.17. The summed E-state index contributed by atoms with van der Waals surface area (Å²) in [5, 5.41) is 13.7. The number of carbonyl (C=O) groups is 1. The van der Waals surface area contributed by atoms with E-state index < -0.39 is 6.10 Å². The molecule has 1 aromatic carbocycles. The Balaban J connectivity index is 1.44. The van der Waals surface area contributed by atoms with Crippen LogP contribution in [0.3, 0.4) is 0 Å². The van der Waals surface area contributed by atoms with Gasteiger partial charge in [-0.05, 0) is 25.0 Å². The number of carbonyl (C=O) groups excluding carboxylic acids is 1. The molecule has 0 spiro atoms. The first-order valence-corrected chi connectivity index (χ1v) is 8.19.